The van der Waals surface area contributed by atoms with Crippen LogP contribution >= 0.6 is 23.2 Å². The second-order valence-electron chi connectivity index (χ2n) is 3.75. The molecule has 3 rings (SSSR count). The molecule has 0 radical (unpaired) electrons. The van der Waals surface area contributed by atoms with Gasteiger partial charge in [0, 0.05) is 0 Å². The molecule has 0 fully saturated rings. The Morgan fingerprint density at radius 3 is 2.58 bits per heavy atom. The molecule has 0 atom stereocenters. The quantitative estimate of drug-likeness (QED) is 0.637. The summed E-state index contributed by atoms with van der Waals surface area (Å²) < 4.78 is 39.8. The van der Waals surface area contributed by atoms with Crippen molar-refractivity contribution in [2.45, 2.75) is 6.18 Å². The molecule has 0 saturated heterocycles. The molecule has 0 unspecified atom stereocenters. The van der Waals surface area contributed by atoms with Crippen molar-refractivity contribution in [3.8, 4) is 0 Å². The topological polar surface area (TPSA) is 43.1 Å². The third-order valence-corrected chi connectivity index (χ3v) is 3.15. The lowest BCUT2D eigenvalue weighted by Gasteiger charge is -2.11. The van der Waals surface area contributed by atoms with Gasteiger partial charge in [-0.1, -0.05) is 23.2 Å². The molecule has 1 aromatic carbocycles. The summed E-state index contributed by atoms with van der Waals surface area (Å²) in [6.07, 6.45) is -3.29. The van der Waals surface area contributed by atoms with Gasteiger partial charge in [-0.05, 0) is 12.1 Å². The fourth-order valence-corrected chi connectivity index (χ4v) is 2.24. The number of fused-ring (bicyclic) bond motifs is 3. The van der Waals surface area contributed by atoms with Crippen LogP contribution in [0.1, 0.15) is 5.56 Å². The fraction of sp³-hybridized carbons (Fsp3) is 0.100. The Morgan fingerprint density at radius 2 is 1.89 bits per heavy atom. The summed E-state index contributed by atoms with van der Waals surface area (Å²) in [7, 11) is 0. The van der Waals surface area contributed by atoms with Gasteiger partial charge in [0.2, 0.25) is 0 Å². The third kappa shape index (κ3) is 1.89. The highest BCUT2D eigenvalue weighted by molar-refractivity contribution is 6.33. The second-order valence-corrected chi connectivity index (χ2v) is 4.51. The van der Waals surface area contributed by atoms with Crippen LogP contribution in [0.5, 0.6) is 0 Å². The first-order chi connectivity index (χ1) is 8.88. The van der Waals surface area contributed by atoms with Crippen molar-refractivity contribution in [3.05, 3.63) is 34.2 Å². The van der Waals surface area contributed by atoms with Gasteiger partial charge in [-0.2, -0.15) is 13.2 Å². The Kier molecular flexibility index (Phi) is 2.58. The van der Waals surface area contributed by atoms with E-state index < -0.39 is 16.8 Å². The Hall–Kier alpha value is -1.60. The van der Waals surface area contributed by atoms with E-state index in [4.69, 9.17) is 23.2 Å². The Morgan fingerprint density at radius 1 is 1.16 bits per heavy atom. The monoisotopic (exact) mass is 306 g/mol. The van der Waals surface area contributed by atoms with E-state index in [0.29, 0.717) is 0 Å². The van der Waals surface area contributed by atoms with Crippen molar-refractivity contribution in [2.24, 2.45) is 0 Å². The van der Waals surface area contributed by atoms with E-state index >= 15 is 0 Å². The number of alkyl halides is 3. The average Bonchev–Trinajstić information content (AvgIpc) is 2.76. The van der Waals surface area contributed by atoms with Crippen molar-refractivity contribution >= 4 is 39.9 Å². The van der Waals surface area contributed by atoms with Gasteiger partial charge in [-0.15, -0.1) is 10.2 Å². The maximum Gasteiger partial charge on any atom is 0.417 e. The number of rotatable bonds is 0. The minimum atomic E-state index is -4.55. The number of hydrogen-bond acceptors (Lipinski definition) is 3. The van der Waals surface area contributed by atoms with Crippen LogP contribution in [0.15, 0.2) is 18.5 Å². The largest absolute Gasteiger partial charge is 0.417 e. The van der Waals surface area contributed by atoms with Crippen molar-refractivity contribution in [1.82, 2.24) is 19.6 Å². The van der Waals surface area contributed by atoms with Crippen molar-refractivity contribution < 1.29 is 13.2 Å². The molecule has 0 spiro atoms. The lowest BCUT2D eigenvalue weighted by Crippen LogP contribution is -2.07. The molecule has 4 nitrogen and oxygen atoms in total. The summed E-state index contributed by atoms with van der Waals surface area (Å²) in [5, 5.41) is 6.90. The summed E-state index contributed by atoms with van der Waals surface area (Å²) in [5.41, 5.74) is -0.346. The molecule has 3 aromatic rings. The third-order valence-electron chi connectivity index (χ3n) is 2.58. The van der Waals surface area contributed by atoms with E-state index in [9.17, 15) is 13.2 Å². The van der Waals surface area contributed by atoms with Gasteiger partial charge in [0.05, 0.1) is 21.6 Å². The molecule has 9 heteroatoms. The molecule has 0 saturated carbocycles. The van der Waals surface area contributed by atoms with Crippen LogP contribution in [0.2, 0.25) is 10.2 Å². The maximum atomic E-state index is 12.8. The van der Waals surface area contributed by atoms with Gasteiger partial charge in [0.1, 0.15) is 6.33 Å². The zero-order valence-corrected chi connectivity index (χ0v) is 10.4. The first-order valence-corrected chi connectivity index (χ1v) is 5.69. The lowest BCUT2D eigenvalue weighted by atomic mass is 10.2. The molecular formula is C10H3Cl2F3N4. The van der Waals surface area contributed by atoms with E-state index in [0.717, 1.165) is 12.1 Å². The summed E-state index contributed by atoms with van der Waals surface area (Å²) in [6.45, 7) is 0. The van der Waals surface area contributed by atoms with E-state index in [2.05, 4.69) is 15.2 Å². The smallest absolute Gasteiger partial charge is 0.277 e. The molecule has 0 aliphatic carbocycles. The van der Waals surface area contributed by atoms with E-state index in [1.807, 2.05) is 0 Å². The average molecular weight is 307 g/mol. The second kappa shape index (κ2) is 3.94. The summed E-state index contributed by atoms with van der Waals surface area (Å²) in [6, 6.07) is 2.02. The van der Waals surface area contributed by atoms with Crippen molar-refractivity contribution in [2.75, 3.05) is 0 Å². The van der Waals surface area contributed by atoms with Crippen molar-refractivity contribution in [1.29, 1.82) is 0 Å². The molecule has 2 aromatic heterocycles. The molecule has 0 amide bonds. The maximum absolute atomic E-state index is 12.8. The molecule has 0 N–H and O–H groups in total. The zero-order chi connectivity index (χ0) is 13.8. The summed E-state index contributed by atoms with van der Waals surface area (Å²) >= 11 is 11.5. The predicted molar refractivity (Wildman–Crippen MR) is 63.3 cm³/mol. The van der Waals surface area contributed by atoms with Gasteiger partial charge >= 0.3 is 6.18 Å². The van der Waals surface area contributed by atoms with Crippen LogP contribution in [0.4, 0.5) is 13.2 Å². The van der Waals surface area contributed by atoms with Gasteiger partial charge in [0.15, 0.2) is 10.8 Å². The molecule has 0 aliphatic rings. The molecule has 19 heavy (non-hydrogen) atoms. The van der Waals surface area contributed by atoms with Gasteiger partial charge in [-0.3, -0.25) is 4.40 Å². The van der Waals surface area contributed by atoms with Crippen LogP contribution < -0.4 is 0 Å². The van der Waals surface area contributed by atoms with Gasteiger partial charge in [0.25, 0.3) is 0 Å². The SMILES string of the molecule is FC(F)(F)c1cc2c(cc1Cl)nc(Cl)c1nncn12. The molecule has 2 heterocycles. The Bertz CT molecular complexity index is 797. The highest BCUT2D eigenvalue weighted by atomic mass is 35.5. The minimum Gasteiger partial charge on any atom is -0.277 e. The van der Waals surface area contributed by atoms with E-state index in [1.54, 1.807) is 0 Å². The standard InChI is InChI=1S/C10H3Cl2F3N4/c11-5-2-6-7(1-4(5)10(13,14)15)19-3-16-18-9(19)8(12)17-6/h1-3H. The van der Waals surface area contributed by atoms with Crippen LogP contribution in [0.3, 0.4) is 0 Å². The highest BCUT2D eigenvalue weighted by Crippen LogP contribution is 2.37. The van der Waals surface area contributed by atoms with E-state index in [-0.39, 0.29) is 21.8 Å². The minimum absolute atomic E-state index is 0.0424. The Balaban J connectivity index is 2.47. The molecular weight excluding hydrogens is 304 g/mol. The normalized spacial score (nSPS) is 12.5. The summed E-state index contributed by atoms with van der Waals surface area (Å²) in [5.74, 6) is 0. The van der Waals surface area contributed by atoms with Crippen LogP contribution in [-0.4, -0.2) is 19.6 Å². The number of aromatic nitrogens is 4. The van der Waals surface area contributed by atoms with Crippen LogP contribution in [-0.2, 0) is 6.18 Å². The summed E-state index contributed by atoms with van der Waals surface area (Å²) in [4.78, 5) is 3.95. The van der Waals surface area contributed by atoms with Crippen LogP contribution in [0.25, 0.3) is 16.7 Å². The number of hydrogen-bond donors (Lipinski definition) is 0. The number of benzene rings is 1. The van der Waals surface area contributed by atoms with Crippen molar-refractivity contribution in [3.63, 3.8) is 0 Å². The van der Waals surface area contributed by atoms with Gasteiger partial charge < -0.3 is 0 Å². The number of nitrogens with zero attached hydrogens (tertiary/aromatic N) is 4. The predicted octanol–water partition coefficient (Wildman–Crippen LogP) is 3.60. The first kappa shape index (κ1) is 12.4. The highest BCUT2D eigenvalue weighted by Gasteiger charge is 2.34. The molecule has 0 bridgehead atoms. The molecule has 0 aliphatic heterocycles. The first-order valence-electron chi connectivity index (χ1n) is 4.93. The van der Waals surface area contributed by atoms with Crippen LogP contribution in [0, 0.1) is 0 Å². The Labute approximate surface area is 113 Å². The van der Waals surface area contributed by atoms with E-state index in [1.165, 1.54) is 10.7 Å². The zero-order valence-electron chi connectivity index (χ0n) is 8.91. The molecule has 98 valence electrons. The fourth-order valence-electron chi connectivity index (χ4n) is 1.76. The van der Waals surface area contributed by atoms with Gasteiger partial charge in [-0.25, -0.2) is 4.98 Å². The lowest BCUT2D eigenvalue weighted by molar-refractivity contribution is -0.137. The number of halogens is 5.